The van der Waals surface area contributed by atoms with Crippen molar-refractivity contribution in [2.24, 2.45) is 0 Å². The number of sulfonamides is 1. The first-order valence-electron chi connectivity index (χ1n) is 9.92. The Morgan fingerprint density at radius 1 is 1.10 bits per heavy atom. The molecule has 29 heavy (non-hydrogen) atoms. The van der Waals surface area contributed by atoms with Gasteiger partial charge in [-0.25, -0.2) is 12.8 Å². The van der Waals surface area contributed by atoms with Crippen molar-refractivity contribution in [2.75, 3.05) is 7.11 Å². The molecule has 0 radical (unpaired) electrons. The number of ether oxygens (including phenoxy) is 2. The first-order chi connectivity index (χ1) is 13.8. The van der Waals surface area contributed by atoms with Crippen LogP contribution in [-0.2, 0) is 16.6 Å². The highest BCUT2D eigenvalue weighted by Gasteiger charge is 2.33. The van der Waals surface area contributed by atoms with Crippen molar-refractivity contribution in [1.82, 2.24) is 4.31 Å². The molecule has 0 N–H and O–H groups in total. The second kappa shape index (κ2) is 9.13. The van der Waals surface area contributed by atoms with E-state index in [0.29, 0.717) is 11.5 Å². The molecule has 1 aliphatic rings. The van der Waals surface area contributed by atoms with E-state index in [1.54, 1.807) is 13.2 Å². The van der Waals surface area contributed by atoms with Crippen molar-refractivity contribution >= 4 is 10.0 Å². The summed E-state index contributed by atoms with van der Waals surface area (Å²) < 4.78 is 53.1. The molecule has 158 valence electrons. The molecule has 0 amide bonds. The minimum absolute atomic E-state index is 0.0171. The number of nitrogens with zero attached hydrogens (tertiary/aromatic N) is 1. The zero-order valence-electron chi connectivity index (χ0n) is 17.1. The van der Waals surface area contributed by atoms with Gasteiger partial charge in [0.15, 0.2) is 11.5 Å². The molecular formula is C22H28FNO4S. The van der Waals surface area contributed by atoms with E-state index in [1.165, 1.54) is 22.5 Å². The maximum Gasteiger partial charge on any atom is 0.243 e. The lowest BCUT2D eigenvalue weighted by Gasteiger charge is -2.28. The van der Waals surface area contributed by atoms with Gasteiger partial charge >= 0.3 is 0 Å². The van der Waals surface area contributed by atoms with Gasteiger partial charge in [-0.15, -0.1) is 0 Å². The Bertz CT molecular complexity index is 940. The van der Waals surface area contributed by atoms with Crippen LogP contribution in [-0.4, -0.2) is 32.0 Å². The molecule has 1 aliphatic carbocycles. The summed E-state index contributed by atoms with van der Waals surface area (Å²) >= 11 is 0. The van der Waals surface area contributed by atoms with Gasteiger partial charge in [0.05, 0.1) is 18.1 Å². The second-order valence-electron chi connectivity index (χ2n) is 7.60. The van der Waals surface area contributed by atoms with Crippen LogP contribution < -0.4 is 9.47 Å². The number of halogens is 1. The van der Waals surface area contributed by atoms with Gasteiger partial charge in [0.2, 0.25) is 10.0 Å². The molecule has 1 fully saturated rings. The molecule has 0 bridgehead atoms. The summed E-state index contributed by atoms with van der Waals surface area (Å²) in [6, 6.07) is 10.6. The fraction of sp³-hybridized carbons (Fsp3) is 0.455. The van der Waals surface area contributed by atoms with Gasteiger partial charge in [0, 0.05) is 12.6 Å². The maximum absolute atomic E-state index is 13.7. The van der Waals surface area contributed by atoms with Gasteiger partial charge in [0.1, 0.15) is 5.82 Å². The maximum atomic E-state index is 13.7. The molecule has 1 saturated carbocycles. The Morgan fingerprint density at radius 3 is 2.45 bits per heavy atom. The second-order valence-corrected chi connectivity index (χ2v) is 9.49. The van der Waals surface area contributed by atoms with E-state index in [9.17, 15) is 12.8 Å². The first kappa shape index (κ1) is 21.6. The van der Waals surface area contributed by atoms with Crippen LogP contribution in [0.4, 0.5) is 4.39 Å². The molecule has 2 aromatic rings. The van der Waals surface area contributed by atoms with E-state index in [1.807, 2.05) is 26.0 Å². The zero-order valence-corrected chi connectivity index (χ0v) is 17.9. The molecule has 3 rings (SSSR count). The van der Waals surface area contributed by atoms with Gasteiger partial charge in [-0.2, -0.15) is 4.31 Å². The molecule has 7 heteroatoms. The summed E-state index contributed by atoms with van der Waals surface area (Å²) in [6.07, 6.45) is 3.55. The highest BCUT2D eigenvalue weighted by molar-refractivity contribution is 7.89. The minimum atomic E-state index is -3.84. The lowest BCUT2D eigenvalue weighted by atomic mass is 10.1. The van der Waals surface area contributed by atoms with Gasteiger partial charge in [-0.3, -0.25) is 0 Å². The Morgan fingerprint density at radius 2 is 1.83 bits per heavy atom. The number of rotatable bonds is 8. The zero-order chi connectivity index (χ0) is 21.0. The van der Waals surface area contributed by atoms with E-state index in [2.05, 4.69) is 0 Å². The molecule has 0 atom stereocenters. The minimum Gasteiger partial charge on any atom is -0.493 e. The number of hydrogen-bond acceptors (Lipinski definition) is 4. The van der Waals surface area contributed by atoms with Crippen molar-refractivity contribution in [3.05, 3.63) is 53.8 Å². The molecule has 0 saturated heterocycles. The van der Waals surface area contributed by atoms with Crippen molar-refractivity contribution in [3.63, 3.8) is 0 Å². The van der Waals surface area contributed by atoms with Crippen molar-refractivity contribution in [1.29, 1.82) is 0 Å². The van der Waals surface area contributed by atoms with Crippen LogP contribution in [0.5, 0.6) is 11.5 Å². The lowest BCUT2D eigenvalue weighted by molar-refractivity contribution is 0.229. The first-order valence-corrected chi connectivity index (χ1v) is 11.4. The van der Waals surface area contributed by atoms with Gasteiger partial charge in [0.25, 0.3) is 0 Å². The van der Waals surface area contributed by atoms with Crippen LogP contribution in [0.3, 0.4) is 0 Å². The third-order valence-corrected chi connectivity index (χ3v) is 6.96. The average molecular weight is 422 g/mol. The van der Waals surface area contributed by atoms with Gasteiger partial charge < -0.3 is 9.47 Å². The lowest BCUT2D eigenvalue weighted by Crippen LogP contribution is -2.38. The van der Waals surface area contributed by atoms with E-state index < -0.39 is 15.8 Å². The third kappa shape index (κ3) is 5.08. The predicted octanol–water partition coefficient (Wildman–Crippen LogP) is 4.76. The topological polar surface area (TPSA) is 55.8 Å². The quantitative estimate of drug-likeness (QED) is 0.617. The van der Waals surface area contributed by atoms with Crippen LogP contribution >= 0.6 is 0 Å². The van der Waals surface area contributed by atoms with Crippen LogP contribution in [0.25, 0.3) is 0 Å². The number of benzene rings is 2. The number of methoxy groups -OCH3 is 1. The summed E-state index contributed by atoms with van der Waals surface area (Å²) in [5, 5.41) is 0. The Balaban J connectivity index is 1.96. The van der Waals surface area contributed by atoms with E-state index in [-0.39, 0.29) is 23.6 Å². The van der Waals surface area contributed by atoms with Crippen LogP contribution in [0.1, 0.15) is 45.1 Å². The molecule has 0 unspecified atom stereocenters. The standard InChI is InChI=1S/C22H28FNO4S/c1-16(2)28-22-13-17(11-12-21(22)27-3)15-24(19-8-4-5-9-19)29(25,26)20-10-6-7-18(23)14-20/h6-7,10-14,16,19H,4-5,8-9,15H2,1-3H3. The molecule has 0 aliphatic heterocycles. The van der Waals surface area contributed by atoms with E-state index in [0.717, 1.165) is 37.3 Å². The SMILES string of the molecule is COc1ccc(CN(C2CCCC2)S(=O)(=O)c2cccc(F)c2)cc1OC(C)C. The highest BCUT2D eigenvalue weighted by Crippen LogP contribution is 2.33. The Hall–Kier alpha value is -2.12. The van der Waals surface area contributed by atoms with Gasteiger partial charge in [-0.1, -0.05) is 25.0 Å². The predicted molar refractivity (Wildman–Crippen MR) is 110 cm³/mol. The van der Waals surface area contributed by atoms with Crippen LogP contribution in [0.2, 0.25) is 0 Å². The highest BCUT2D eigenvalue weighted by atomic mass is 32.2. The monoisotopic (exact) mass is 421 g/mol. The molecule has 5 nitrogen and oxygen atoms in total. The van der Waals surface area contributed by atoms with E-state index in [4.69, 9.17) is 9.47 Å². The third-order valence-electron chi connectivity index (χ3n) is 5.06. The van der Waals surface area contributed by atoms with E-state index >= 15 is 0 Å². The smallest absolute Gasteiger partial charge is 0.243 e. The van der Waals surface area contributed by atoms with Crippen molar-refractivity contribution in [3.8, 4) is 11.5 Å². The van der Waals surface area contributed by atoms with Crippen molar-refractivity contribution in [2.45, 2.75) is 63.1 Å². The Labute approximate surface area is 172 Å². The summed E-state index contributed by atoms with van der Waals surface area (Å²) in [4.78, 5) is -0.0171. The molecular weight excluding hydrogens is 393 g/mol. The average Bonchev–Trinajstić information content (AvgIpc) is 3.20. The number of hydrogen-bond donors (Lipinski definition) is 0. The van der Waals surface area contributed by atoms with Crippen LogP contribution in [0, 0.1) is 5.82 Å². The largest absolute Gasteiger partial charge is 0.493 e. The molecule has 0 aromatic heterocycles. The molecule has 0 spiro atoms. The normalized spacial score (nSPS) is 15.2. The van der Waals surface area contributed by atoms with Crippen molar-refractivity contribution < 1.29 is 22.3 Å². The molecule has 2 aromatic carbocycles. The summed E-state index contributed by atoms with van der Waals surface area (Å²) in [5.41, 5.74) is 0.799. The summed E-state index contributed by atoms with van der Waals surface area (Å²) in [5.74, 6) is 0.617. The fourth-order valence-electron chi connectivity index (χ4n) is 3.71. The summed E-state index contributed by atoms with van der Waals surface area (Å²) in [7, 11) is -2.26. The molecule has 0 heterocycles. The van der Waals surface area contributed by atoms with Gasteiger partial charge in [-0.05, 0) is 62.6 Å². The van der Waals surface area contributed by atoms with Crippen LogP contribution in [0.15, 0.2) is 47.4 Å². The summed E-state index contributed by atoms with van der Waals surface area (Å²) in [6.45, 7) is 4.04. The Kier molecular flexibility index (Phi) is 6.80. The fourth-order valence-corrected chi connectivity index (χ4v) is 5.42.